The van der Waals surface area contributed by atoms with Gasteiger partial charge in [0.15, 0.2) is 8.32 Å². The van der Waals surface area contributed by atoms with Gasteiger partial charge in [-0.2, -0.15) is 0 Å². The lowest BCUT2D eigenvalue weighted by Crippen LogP contribution is -2.37. The summed E-state index contributed by atoms with van der Waals surface area (Å²) >= 11 is 12.7. The Hall–Kier alpha value is -1.35. The molecule has 10 heteroatoms. The van der Waals surface area contributed by atoms with Gasteiger partial charge >= 0.3 is 6.36 Å². The molecule has 0 saturated heterocycles. The molecule has 0 saturated carbocycles. The Morgan fingerprint density at radius 3 is 1.85 bits per heavy atom. The molecule has 33 heavy (non-hydrogen) atoms. The normalized spacial score (nSPS) is 13.3. The number of halogens is 7. The van der Waals surface area contributed by atoms with Crippen molar-refractivity contribution in [3.8, 4) is 5.75 Å². The van der Waals surface area contributed by atoms with E-state index in [0.29, 0.717) is 30.4 Å². The molecule has 0 aromatic heterocycles. The summed E-state index contributed by atoms with van der Waals surface area (Å²) in [5, 5.41) is 0.0181. The highest BCUT2D eigenvalue weighted by Crippen LogP contribution is 2.42. The van der Waals surface area contributed by atoms with Gasteiger partial charge in [0.1, 0.15) is 17.4 Å². The molecular weight excluding hydrogens is 502 g/mol. The van der Waals surface area contributed by atoms with E-state index in [-0.39, 0.29) is 10.0 Å². The highest BCUT2D eigenvalue weighted by molar-refractivity contribution is 6.73. The van der Waals surface area contributed by atoms with Gasteiger partial charge in [0.25, 0.3) is 0 Å². The van der Waals surface area contributed by atoms with Crippen molar-refractivity contribution in [1.82, 2.24) is 0 Å². The van der Waals surface area contributed by atoms with E-state index in [1.807, 2.05) is 0 Å². The molecule has 0 aliphatic carbocycles. The smallest absolute Gasteiger partial charge is 0.410 e. The molecule has 1 atom stereocenters. The molecule has 0 radical (unpaired) electrons. The third kappa shape index (κ3) is 8.12. The van der Waals surface area contributed by atoms with Crippen molar-refractivity contribution in [2.24, 2.45) is 0 Å². The second-order valence-electron chi connectivity index (χ2n) is 7.87. The van der Waals surface area contributed by atoms with E-state index >= 15 is 0 Å². The van der Waals surface area contributed by atoms with Crippen molar-refractivity contribution in [2.45, 2.75) is 70.6 Å². The Kier molecular flexibility index (Phi) is 10.0. The summed E-state index contributed by atoms with van der Waals surface area (Å²) in [6.45, 7) is 6.15. The average Bonchev–Trinajstić information content (AvgIpc) is 2.69. The summed E-state index contributed by atoms with van der Waals surface area (Å²) in [6.07, 6.45) is -4.14. The maximum atomic E-state index is 13.5. The van der Waals surface area contributed by atoms with Crippen LogP contribution in [0.1, 0.15) is 50.8 Å². The third-order valence-corrected chi connectivity index (χ3v) is 11.1. The summed E-state index contributed by atoms with van der Waals surface area (Å²) < 4.78 is 75.5. The number of alkyl halides is 3. The van der Waals surface area contributed by atoms with Crippen LogP contribution >= 0.6 is 23.2 Å². The number of benzene rings is 2. The quantitative estimate of drug-likeness (QED) is 0.213. The van der Waals surface area contributed by atoms with Gasteiger partial charge in [-0.15, -0.1) is 13.2 Å². The first-order valence-corrected chi connectivity index (χ1v) is 14.1. The highest BCUT2D eigenvalue weighted by Gasteiger charge is 2.35. The fraction of sp³-hybridized carbons (Fsp3) is 0.478. The molecule has 2 rings (SSSR count). The monoisotopic (exact) mass is 528 g/mol. The average molecular weight is 529 g/mol. The molecule has 0 aliphatic heterocycles. The van der Waals surface area contributed by atoms with Gasteiger partial charge in [-0.05, 0) is 67.2 Å². The SMILES string of the molecule is CC[Si](CC)(CC)OC(CCCc1cc(F)cc(F)c1)c1c(Cl)cc(OC(F)(F)F)cc1Cl. The number of rotatable bonds is 11. The molecule has 0 heterocycles. The van der Waals surface area contributed by atoms with Crippen LogP contribution in [0.3, 0.4) is 0 Å². The van der Waals surface area contributed by atoms with E-state index in [9.17, 15) is 22.0 Å². The summed E-state index contributed by atoms with van der Waals surface area (Å²) in [5.74, 6) is -1.82. The second-order valence-corrected chi connectivity index (χ2v) is 13.4. The number of hydrogen-bond donors (Lipinski definition) is 0. The maximum absolute atomic E-state index is 13.5. The zero-order valence-electron chi connectivity index (χ0n) is 18.7. The zero-order chi connectivity index (χ0) is 24.8. The van der Waals surface area contributed by atoms with Gasteiger partial charge in [-0.1, -0.05) is 44.0 Å². The lowest BCUT2D eigenvalue weighted by Gasteiger charge is -2.34. The van der Waals surface area contributed by atoms with Crippen LogP contribution < -0.4 is 4.74 Å². The van der Waals surface area contributed by atoms with E-state index in [2.05, 4.69) is 25.5 Å². The van der Waals surface area contributed by atoms with Crippen molar-refractivity contribution in [2.75, 3.05) is 0 Å². The van der Waals surface area contributed by atoms with Crippen LogP contribution in [-0.4, -0.2) is 14.7 Å². The molecular formula is C23H27Cl2F5O2Si. The van der Waals surface area contributed by atoms with Crippen LogP contribution in [0.25, 0.3) is 0 Å². The minimum atomic E-state index is -4.88. The van der Waals surface area contributed by atoms with Gasteiger partial charge in [0, 0.05) is 11.6 Å². The zero-order valence-corrected chi connectivity index (χ0v) is 21.2. The Balaban J connectivity index is 2.34. The van der Waals surface area contributed by atoms with Crippen LogP contribution in [0.4, 0.5) is 22.0 Å². The van der Waals surface area contributed by atoms with Gasteiger partial charge in [0.05, 0.1) is 16.1 Å². The van der Waals surface area contributed by atoms with Crippen molar-refractivity contribution in [3.63, 3.8) is 0 Å². The predicted octanol–water partition coefficient (Wildman–Crippen LogP) is 9.26. The van der Waals surface area contributed by atoms with E-state index in [1.165, 1.54) is 12.1 Å². The molecule has 0 aliphatic rings. The fourth-order valence-corrected chi connectivity index (χ4v) is 7.42. The number of hydrogen-bond acceptors (Lipinski definition) is 2. The standard InChI is InChI=1S/C23H27Cl2F5O2Si/c1-4-33(5-2,6-3)32-21(9-7-8-15-10-16(26)12-17(27)11-15)22-19(24)13-18(14-20(22)25)31-23(28,29)30/h10-14,21H,4-9H2,1-3H3. The summed E-state index contributed by atoms with van der Waals surface area (Å²) in [4.78, 5) is 0. The third-order valence-electron chi connectivity index (χ3n) is 5.79. The van der Waals surface area contributed by atoms with E-state index in [1.54, 1.807) is 0 Å². The summed E-state index contributed by atoms with van der Waals surface area (Å²) in [6, 6.07) is 8.02. The molecule has 2 aromatic rings. The lowest BCUT2D eigenvalue weighted by atomic mass is 10.0. The van der Waals surface area contributed by atoms with E-state index < -0.39 is 38.2 Å². The number of aryl methyl sites for hydroxylation is 1. The predicted molar refractivity (Wildman–Crippen MR) is 123 cm³/mol. The fourth-order valence-electron chi connectivity index (χ4n) is 3.87. The molecule has 2 aromatic carbocycles. The Morgan fingerprint density at radius 1 is 0.879 bits per heavy atom. The molecule has 0 N–H and O–H groups in total. The van der Waals surface area contributed by atoms with Gasteiger partial charge in [0.2, 0.25) is 0 Å². The van der Waals surface area contributed by atoms with Crippen molar-refractivity contribution in [3.05, 3.63) is 63.1 Å². The first-order valence-electron chi connectivity index (χ1n) is 10.8. The minimum absolute atomic E-state index is 0.00904. The second kappa shape index (κ2) is 11.9. The molecule has 184 valence electrons. The van der Waals surface area contributed by atoms with E-state index in [0.717, 1.165) is 36.3 Å². The molecule has 0 amide bonds. The van der Waals surface area contributed by atoms with Crippen LogP contribution in [0.15, 0.2) is 30.3 Å². The molecule has 0 spiro atoms. The first kappa shape index (κ1) is 27.9. The van der Waals surface area contributed by atoms with Crippen molar-refractivity contribution in [1.29, 1.82) is 0 Å². The highest BCUT2D eigenvalue weighted by atomic mass is 35.5. The summed E-state index contributed by atoms with van der Waals surface area (Å²) in [5.41, 5.74) is 0.896. The topological polar surface area (TPSA) is 18.5 Å². The Bertz CT molecular complexity index is 884. The first-order chi connectivity index (χ1) is 15.4. The van der Waals surface area contributed by atoms with Gasteiger partial charge in [-0.25, -0.2) is 8.78 Å². The van der Waals surface area contributed by atoms with Crippen LogP contribution in [0.5, 0.6) is 5.75 Å². The maximum Gasteiger partial charge on any atom is 0.573 e. The number of ether oxygens (including phenoxy) is 1. The molecule has 2 nitrogen and oxygen atoms in total. The van der Waals surface area contributed by atoms with Crippen molar-refractivity contribution < 1.29 is 31.1 Å². The van der Waals surface area contributed by atoms with Gasteiger partial charge < -0.3 is 9.16 Å². The van der Waals surface area contributed by atoms with Gasteiger partial charge in [-0.3, -0.25) is 0 Å². The Morgan fingerprint density at radius 2 is 1.39 bits per heavy atom. The van der Waals surface area contributed by atoms with Crippen LogP contribution in [-0.2, 0) is 10.8 Å². The molecule has 1 unspecified atom stereocenters. The minimum Gasteiger partial charge on any atom is -0.410 e. The lowest BCUT2D eigenvalue weighted by molar-refractivity contribution is -0.274. The van der Waals surface area contributed by atoms with E-state index in [4.69, 9.17) is 27.6 Å². The van der Waals surface area contributed by atoms with Crippen LogP contribution in [0.2, 0.25) is 28.2 Å². The Labute approximate surface area is 202 Å². The molecule has 0 bridgehead atoms. The van der Waals surface area contributed by atoms with Crippen molar-refractivity contribution >= 4 is 31.5 Å². The molecule has 0 fully saturated rings. The largest absolute Gasteiger partial charge is 0.573 e. The van der Waals surface area contributed by atoms with Crippen LogP contribution in [0, 0.1) is 11.6 Å². The summed E-state index contributed by atoms with van der Waals surface area (Å²) in [7, 11) is -2.16.